The Balaban J connectivity index is 1.56. The highest BCUT2D eigenvalue weighted by atomic mass is 32.1. The molecule has 0 radical (unpaired) electrons. The fraction of sp³-hybridized carbons (Fsp3) is 0.389. The van der Waals surface area contributed by atoms with Crippen LogP contribution >= 0.6 is 11.3 Å². The number of aromatic amines is 1. The normalized spacial score (nSPS) is 18.2. The molecule has 1 N–H and O–H groups in total. The second-order valence-electron chi connectivity index (χ2n) is 6.45. The quantitative estimate of drug-likeness (QED) is 0.774. The van der Waals surface area contributed by atoms with Crippen LogP contribution in [-0.4, -0.2) is 38.8 Å². The molecule has 5 nitrogen and oxygen atoms in total. The summed E-state index contributed by atoms with van der Waals surface area (Å²) in [6.45, 7) is 5.58. The Kier molecular flexibility index (Phi) is 3.84. The zero-order valence-electron chi connectivity index (χ0n) is 13.9. The van der Waals surface area contributed by atoms with E-state index in [-0.39, 0.29) is 5.91 Å². The summed E-state index contributed by atoms with van der Waals surface area (Å²) < 4.78 is 0. The van der Waals surface area contributed by atoms with Gasteiger partial charge in [0.15, 0.2) is 0 Å². The van der Waals surface area contributed by atoms with Gasteiger partial charge in [-0.25, -0.2) is 9.97 Å². The van der Waals surface area contributed by atoms with Crippen molar-refractivity contribution in [1.29, 1.82) is 0 Å². The highest BCUT2D eigenvalue weighted by Gasteiger charge is 2.27. The molecule has 1 fully saturated rings. The Labute approximate surface area is 144 Å². The topological polar surface area (TPSA) is 61.9 Å². The molecule has 1 amide bonds. The third-order valence-corrected chi connectivity index (χ3v) is 5.62. The van der Waals surface area contributed by atoms with Crippen LogP contribution in [0.25, 0.3) is 11.0 Å². The number of hydrogen-bond donors (Lipinski definition) is 1. The first-order chi connectivity index (χ1) is 11.6. The van der Waals surface area contributed by atoms with Crippen molar-refractivity contribution in [2.24, 2.45) is 0 Å². The summed E-state index contributed by atoms with van der Waals surface area (Å²) in [6, 6.07) is 5.70. The van der Waals surface area contributed by atoms with Crippen LogP contribution in [0.1, 0.15) is 44.8 Å². The predicted octanol–water partition coefficient (Wildman–Crippen LogP) is 3.66. The first-order valence-electron chi connectivity index (χ1n) is 8.28. The summed E-state index contributed by atoms with van der Waals surface area (Å²) in [5.41, 5.74) is 2.54. The molecule has 1 atom stereocenters. The molecule has 0 aliphatic carbocycles. The van der Waals surface area contributed by atoms with Gasteiger partial charge in [0.05, 0.1) is 16.0 Å². The smallest absolute Gasteiger partial charge is 0.253 e. The number of imidazole rings is 1. The lowest BCUT2D eigenvalue weighted by Crippen LogP contribution is -2.39. The maximum atomic E-state index is 12.9. The van der Waals surface area contributed by atoms with Gasteiger partial charge in [-0.1, -0.05) is 0 Å². The van der Waals surface area contributed by atoms with Gasteiger partial charge in [-0.05, 0) is 44.9 Å². The van der Waals surface area contributed by atoms with Crippen LogP contribution in [0.4, 0.5) is 0 Å². The van der Waals surface area contributed by atoms with Gasteiger partial charge in [0.1, 0.15) is 5.82 Å². The SMILES string of the molecule is Cc1nc2ccc(C(=O)N3CCCC(c4ncc(C)s4)C3)cc2[nH]1. The van der Waals surface area contributed by atoms with Gasteiger partial charge in [-0.2, -0.15) is 0 Å². The molecule has 1 aliphatic heterocycles. The van der Waals surface area contributed by atoms with Crippen molar-refractivity contribution in [2.45, 2.75) is 32.6 Å². The number of thiazole rings is 1. The van der Waals surface area contributed by atoms with Crippen molar-refractivity contribution in [3.8, 4) is 0 Å². The number of carbonyl (C=O) groups excluding carboxylic acids is 1. The minimum atomic E-state index is 0.0992. The van der Waals surface area contributed by atoms with Crippen molar-refractivity contribution in [3.05, 3.63) is 45.7 Å². The van der Waals surface area contributed by atoms with Crippen molar-refractivity contribution >= 4 is 28.3 Å². The Morgan fingerprint density at radius 1 is 1.38 bits per heavy atom. The number of fused-ring (bicyclic) bond motifs is 1. The molecule has 3 heterocycles. The second-order valence-corrected chi connectivity index (χ2v) is 7.72. The minimum Gasteiger partial charge on any atom is -0.342 e. The Bertz CT molecular complexity index is 897. The van der Waals surface area contributed by atoms with Crippen LogP contribution in [-0.2, 0) is 0 Å². The minimum absolute atomic E-state index is 0.0992. The van der Waals surface area contributed by atoms with E-state index in [1.165, 1.54) is 4.88 Å². The van der Waals surface area contributed by atoms with Gasteiger partial charge in [-0.3, -0.25) is 4.79 Å². The van der Waals surface area contributed by atoms with Gasteiger partial charge in [0, 0.05) is 35.6 Å². The lowest BCUT2D eigenvalue weighted by Gasteiger charge is -2.32. The maximum Gasteiger partial charge on any atom is 0.253 e. The van der Waals surface area contributed by atoms with Gasteiger partial charge in [0.25, 0.3) is 5.91 Å². The lowest BCUT2D eigenvalue weighted by atomic mass is 9.98. The summed E-state index contributed by atoms with van der Waals surface area (Å²) >= 11 is 1.75. The maximum absolute atomic E-state index is 12.9. The monoisotopic (exact) mass is 340 g/mol. The van der Waals surface area contributed by atoms with Crippen molar-refractivity contribution in [3.63, 3.8) is 0 Å². The van der Waals surface area contributed by atoms with Crippen LogP contribution in [0.2, 0.25) is 0 Å². The average Bonchev–Trinajstić information content (AvgIpc) is 3.18. The van der Waals surface area contributed by atoms with Gasteiger partial charge in [-0.15, -0.1) is 11.3 Å². The van der Waals surface area contributed by atoms with Crippen LogP contribution in [0.3, 0.4) is 0 Å². The van der Waals surface area contributed by atoms with Crippen molar-refractivity contribution in [2.75, 3.05) is 13.1 Å². The fourth-order valence-electron chi connectivity index (χ4n) is 3.38. The third kappa shape index (κ3) is 2.82. The number of aromatic nitrogens is 3. The number of H-pyrrole nitrogens is 1. The average molecular weight is 340 g/mol. The zero-order chi connectivity index (χ0) is 16.7. The van der Waals surface area contributed by atoms with Crippen LogP contribution in [0.5, 0.6) is 0 Å². The molecular formula is C18H20N4OS. The number of rotatable bonds is 2. The Hall–Kier alpha value is -2.21. The van der Waals surface area contributed by atoms with E-state index in [1.54, 1.807) is 11.3 Å². The Morgan fingerprint density at radius 2 is 2.25 bits per heavy atom. The van der Waals surface area contributed by atoms with Gasteiger partial charge in [0.2, 0.25) is 0 Å². The third-order valence-electron chi connectivity index (χ3n) is 4.54. The molecule has 1 aromatic carbocycles. The summed E-state index contributed by atoms with van der Waals surface area (Å²) in [5.74, 6) is 1.33. The fourth-order valence-corrected chi connectivity index (χ4v) is 4.28. The molecule has 6 heteroatoms. The zero-order valence-corrected chi connectivity index (χ0v) is 14.7. The largest absolute Gasteiger partial charge is 0.342 e. The van der Waals surface area contributed by atoms with Gasteiger partial charge < -0.3 is 9.88 Å². The second kappa shape index (κ2) is 6.02. The van der Waals surface area contributed by atoms with E-state index in [0.29, 0.717) is 5.92 Å². The van der Waals surface area contributed by atoms with Crippen LogP contribution in [0.15, 0.2) is 24.4 Å². The van der Waals surface area contributed by atoms with Crippen molar-refractivity contribution < 1.29 is 4.79 Å². The Morgan fingerprint density at radius 3 is 3.04 bits per heavy atom. The number of likely N-dealkylation sites (tertiary alicyclic amines) is 1. The molecule has 1 unspecified atom stereocenters. The summed E-state index contributed by atoms with van der Waals surface area (Å²) in [4.78, 5) is 28.2. The number of aryl methyl sites for hydroxylation is 2. The van der Waals surface area contributed by atoms with Crippen molar-refractivity contribution in [1.82, 2.24) is 19.9 Å². The first kappa shape index (κ1) is 15.3. The molecule has 4 rings (SSSR count). The molecule has 2 aromatic heterocycles. The highest BCUT2D eigenvalue weighted by molar-refractivity contribution is 7.11. The van der Waals surface area contributed by atoms with E-state index >= 15 is 0 Å². The summed E-state index contributed by atoms with van der Waals surface area (Å²) in [6.07, 6.45) is 4.06. The van der Waals surface area contributed by atoms with E-state index in [4.69, 9.17) is 0 Å². The standard InChI is InChI=1S/C18H20N4OS/c1-11-9-19-17(24-11)14-4-3-7-22(10-14)18(23)13-5-6-15-16(8-13)21-12(2)20-15/h5-6,8-9,14H,3-4,7,10H2,1-2H3,(H,20,21). The molecule has 124 valence electrons. The highest BCUT2D eigenvalue weighted by Crippen LogP contribution is 2.30. The van der Waals surface area contributed by atoms with E-state index in [9.17, 15) is 4.79 Å². The number of benzene rings is 1. The van der Waals surface area contributed by atoms with E-state index in [0.717, 1.165) is 53.4 Å². The van der Waals surface area contributed by atoms with Gasteiger partial charge >= 0.3 is 0 Å². The predicted molar refractivity (Wildman–Crippen MR) is 95.6 cm³/mol. The molecular weight excluding hydrogens is 320 g/mol. The number of piperidine rings is 1. The summed E-state index contributed by atoms with van der Waals surface area (Å²) in [7, 11) is 0. The van der Waals surface area contributed by atoms with E-state index < -0.39 is 0 Å². The van der Waals surface area contributed by atoms with E-state index in [2.05, 4.69) is 21.9 Å². The molecule has 0 spiro atoms. The number of nitrogens with one attached hydrogen (secondary N) is 1. The number of nitrogens with zero attached hydrogens (tertiary/aromatic N) is 3. The summed E-state index contributed by atoms with van der Waals surface area (Å²) in [5, 5.41) is 1.16. The number of carbonyl (C=O) groups is 1. The van der Waals surface area contributed by atoms with Crippen LogP contribution < -0.4 is 0 Å². The molecule has 0 bridgehead atoms. The molecule has 1 saturated heterocycles. The van der Waals surface area contributed by atoms with Crippen LogP contribution in [0, 0.1) is 13.8 Å². The molecule has 24 heavy (non-hydrogen) atoms. The lowest BCUT2D eigenvalue weighted by molar-refractivity contribution is 0.0707. The number of amides is 1. The van der Waals surface area contributed by atoms with E-state index in [1.807, 2.05) is 36.2 Å². The first-order valence-corrected chi connectivity index (χ1v) is 9.10. The molecule has 3 aromatic rings. The number of hydrogen-bond acceptors (Lipinski definition) is 4. The molecule has 0 saturated carbocycles. The molecule has 1 aliphatic rings.